The lowest BCUT2D eigenvalue weighted by molar-refractivity contribution is -0.274. The Bertz CT molecular complexity index is 294. The van der Waals surface area contributed by atoms with Crippen molar-refractivity contribution in [2.45, 2.75) is 25.4 Å². The topological polar surface area (TPSA) is 44.1 Å². The number of carbonyl (C=O) groups is 1. The van der Waals surface area contributed by atoms with E-state index in [1.807, 2.05) is 0 Å². The Hall–Kier alpha value is -1.39. The van der Waals surface area contributed by atoms with Crippen LogP contribution in [-0.2, 0) is 4.79 Å². The number of alkyl halides is 5. The lowest BCUT2D eigenvalue weighted by Crippen LogP contribution is -2.52. The first-order chi connectivity index (χ1) is 7.18. The van der Waals surface area contributed by atoms with Gasteiger partial charge >= 0.3 is 18.0 Å². The van der Waals surface area contributed by atoms with Crippen molar-refractivity contribution in [3.05, 3.63) is 0 Å². The van der Waals surface area contributed by atoms with E-state index in [0.29, 0.717) is 0 Å². The molecule has 0 atom stereocenters. The van der Waals surface area contributed by atoms with Gasteiger partial charge in [0.25, 0.3) is 0 Å². The molecule has 0 aromatic carbocycles. The number of hydrogen-bond acceptors (Lipinski definition) is 2. The van der Waals surface area contributed by atoms with Crippen LogP contribution in [0.5, 0.6) is 0 Å². The van der Waals surface area contributed by atoms with Crippen molar-refractivity contribution in [2.75, 3.05) is 13.1 Å². The van der Waals surface area contributed by atoms with Gasteiger partial charge in [0.2, 0.25) is 0 Å². The summed E-state index contributed by atoms with van der Waals surface area (Å²) in [6.45, 7) is 0.375. The lowest BCUT2D eigenvalue weighted by Gasteiger charge is -2.25. The molecule has 0 radical (unpaired) electrons. The highest BCUT2D eigenvalue weighted by Crippen LogP contribution is 2.36. The maximum Gasteiger partial charge on any atom is 0.463 e. The van der Waals surface area contributed by atoms with Gasteiger partial charge < -0.3 is 4.90 Å². The molecule has 0 saturated heterocycles. The third-order valence-corrected chi connectivity index (χ3v) is 1.67. The van der Waals surface area contributed by atoms with Crippen LogP contribution in [0.25, 0.3) is 0 Å². The summed E-state index contributed by atoms with van der Waals surface area (Å²) in [5.41, 5.74) is 0. The molecule has 0 aliphatic rings. The third kappa shape index (κ3) is 3.05. The summed E-state index contributed by atoms with van der Waals surface area (Å²) in [5, 5.41) is 8.21. The molecule has 0 heterocycles. The van der Waals surface area contributed by atoms with Crippen molar-refractivity contribution < 1.29 is 26.7 Å². The minimum Gasteiger partial charge on any atom is -0.324 e. The smallest absolute Gasteiger partial charge is 0.324 e. The summed E-state index contributed by atoms with van der Waals surface area (Å²) in [7, 11) is 0. The van der Waals surface area contributed by atoms with Crippen LogP contribution < -0.4 is 0 Å². The van der Waals surface area contributed by atoms with Crippen LogP contribution in [0.4, 0.5) is 22.0 Å². The zero-order chi connectivity index (χ0) is 13.0. The fourth-order valence-electron chi connectivity index (χ4n) is 0.928. The second-order valence-corrected chi connectivity index (χ2v) is 2.96. The van der Waals surface area contributed by atoms with Crippen LogP contribution in [0.1, 0.15) is 13.3 Å². The molecule has 0 aliphatic heterocycles. The van der Waals surface area contributed by atoms with Crippen molar-refractivity contribution in [3.8, 4) is 6.07 Å². The number of rotatable bonds is 4. The Morgan fingerprint density at radius 2 is 1.81 bits per heavy atom. The maximum atomic E-state index is 12.6. The summed E-state index contributed by atoms with van der Waals surface area (Å²) >= 11 is 0. The monoisotopic (exact) mass is 244 g/mol. The molecule has 0 aromatic heterocycles. The number of amides is 1. The van der Waals surface area contributed by atoms with E-state index in [1.165, 1.54) is 13.0 Å². The van der Waals surface area contributed by atoms with Gasteiger partial charge in [0, 0.05) is 6.54 Å². The first-order valence-electron chi connectivity index (χ1n) is 4.29. The van der Waals surface area contributed by atoms with Crippen LogP contribution >= 0.6 is 0 Å². The van der Waals surface area contributed by atoms with Gasteiger partial charge in [-0.05, 0) is 6.42 Å². The number of hydrogen-bond donors (Lipinski definition) is 0. The fraction of sp³-hybridized carbons (Fsp3) is 0.750. The molecule has 0 fully saturated rings. The Morgan fingerprint density at radius 3 is 2.12 bits per heavy atom. The molecule has 0 saturated carbocycles. The van der Waals surface area contributed by atoms with Gasteiger partial charge in [-0.3, -0.25) is 4.79 Å². The minimum atomic E-state index is -5.94. The molecule has 0 aliphatic carbocycles. The second kappa shape index (κ2) is 5.09. The Morgan fingerprint density at radius 1 is 1.31 bits per heavy atom. The first-order valence-corrected chi connectivity index (χ1v) is 4.29. The summed E-state index contributed by atoms with van der Waals surface area (Å²) in [6.07, 6.45) is -5.76. The molecule has 16 heavy (non-hydrogen) atoms. The third-order valence-electron chi connectivity index (χ3n) is 1.67. The molecule has 3 nitrogen and oxygen atoms in total. The predicted molar refractivity (Wildman–Crippen MR) is 43.5 cm³/mol. The van der Waals surface area contributed by atoms with E-state index in [2.05, 4.69) is 0 Å². The molecule has 92 valence electrons. The molecular weight excluding hydrogens is 235 g/mol. The highest BCUT2D eigenvalue weighted by Gasteiger charge is 2.64. The first kappa shape index (κ1) is 14.6. The van der Waals surface area contributed by atoms with Gasteiger partial charge in [-0.2, -0.15) is 27.2 Å². The lowest BCUT2D eigenvalue weighted by atomic mass is 10.2. The standard InChI is InChI=1S/C8H9F5N2O/c1-2-4-15(5-3-14)6(16)7(9,10)8(11,12)13/h2,4-5H2,1H3. The molecule has 0 unspecified atom stereocenters. The minimum absolute atomic E-state index is 0.182. The van der Waals surface area contributed by atoms with E-state index in [9.17, 15) is 26.7 Å². The van der Waals surface area contributed by atoms with Gasteiger partial charge in [-0.15, -0.1) is 0 Å². The van der Waals surface area contributed by atoms with Crippen LogP contribution in [-0.4, -0.2) is 36.0 Å². The van der Waals surface area contributed by atoms with Gasteiger partial charge in [0.15, 0.2) is 0 Å². The van der Waals surface area contributed by atoms with Gasteiger partial charge in [-0.1, -0.05) is 6.92 Å². The van der Waals surface area contributed by atoms with E-state index < -0.39 is 24.6 Å². The Labute approximate surface area is 88.4 Å². The van der Waals surface area contributed by atoms with Crippen molar-refractivity contribution >= 4 is 5.91 Å². The normalized spacial score (nSPS) is 12.1. The summed E-state index contributed by atoms with van der Waals surface area (Å²) < 4.78 is 60.7. The van der Waals surface area contributed by atoms with Crippen LogP contribution in [0.2, 0.25) is 0 Å². The zero-order valence-corrected chi connectivity index (χ0v) is 8.31. The maximum absolute atomic E-state index is 12.6. The molecule has 0 N–H and O–H groups in total. The highest BCUT2D eigenvalue weighted by molar-refractivity contribution is 5.84. The van der Waals surface area contributed by atoms with Crippen molar-refractivity contribution in [1.82, 2.24) is 4.90 Å². The van der Waals surface area contributed by atoms with E-state index in [4.69, 9.17) is 5.26 Å². The van der Waals surface area contributed by atoms with Crippen LogP contribution in [0, 0.1) is 11.3 Å². The van der Waals surface area contributed by atoms with Crippen molar-refractivity contribution in [2.24, 2.45) is 0 Å². The summed E-state index contributed by atoms with van der Waals surface area (Å²) in [4.78, 5) is 11.1. The Kier molecular flexibility index (Phi) is 4.65. The second-order valence-electron chi connectivity index (χ2n) is 2.96. The largest absolute Gasteiger partial charge is 0.463 e. The number of carbonyl (C=O) groups excluding carboxylic acids is 1. The molecular formula is C8H9F5N2O. The number of nitrogens with zero attached hydrogens (tertiary/aromatic N) is 2. The highest BCUT2D eigenvalue weighted by atomic mass is 19.4. The average Bonchev–Trinajstić information content (AvgIpc) is 2.14. The zero-order valence-electron chi connectivity index (χ0n) is 8.31. The van der Waals surface area contributed by atoms with Crippen molar-refractivity contribution in [3.63, 3.8) is 0 Å². The van der Waals surface area contributed by atoms with Gasteiger partial charge in [-0.25, -0.2) is 0 Å². The quantitative estimate of drug-likeness (QED) is 0.560. The van der Waals surface area contributed by atoms with Crippen molar-refractivity contribution in [1.29, 1.82) is 5.26 Å². The molecule has 0 aromatic rings. The summed E-state index contributed by atoms with van der Waals surface area (Å²) in [6, 6.07) is 1.36. The SMILES string of the molecule is CCCN(CC#N)C(=O)C(F)(F)C(F)(F)F. The van der Waals surface area contributed by atoms with Gasteiger partial charge in [0.1, 0.15) is 6.54 Å². The van der Waals surface area contributed by atoms with Gasteiger partial charge in [0.05, 0.1) is 6.07 Å². The average molecular weight is 244 g/mol. The summed E-state index contributed by atoms with van der Waals surface area (Å²) in [5.74, 6) is -7.83. The van der Waals surface area contributed by atoms with E-state index in [-0.39, 0.29) is 17.9 Å². The van der Waals surface area contributed by atoms with E-state index in [0.717, 1.165) is 0 Å². The van der Waals surface area contributed by atoms with E-state index >= 15 is 0 Å². The number of halogens is 5. The molecule has 0 bridgehead atoms. The molecule has 1 amide bonds. The fourth-order valence-corrected chi connectivity index (χ4v) is 0.928. The molecule has 8 heteroatoms. The predicted octanol–water partition coefficient (Wildman–Crippen LogP) is 1.95. The molecule has 0 spiro atoms. The van der Waals surface area contributed by atoms with Crippen LogP contribution in [0.3, 0.4) is 0 Å². The number of nitriles is 1. The molecule has 0 rings (SSSR count). The van der Waals surface area contributed by atoms with E-state index in [1.54, 1.807) is 0 Å². The van der Waals surface area contributed by atoms with Crippen LogP contribution in [0.15, 0.2) is 0 Å². The Balaban J connectivity index is 4.94.